The zero-order valence-corrected chi connectivity index (χ0v) is 7.95. The normalized spacial score (nSPS) is 11.8. The fraction of sp³-hybridized carbons (Fsp3) is 0.364. The highest BCUT2D eigenvalue weighted by Crippen LogP contribution is 2.19. The molecule has 0 aliphatic rings. The molecule has 68 valence electrons. The molecule has 0 saturated carbocycles. The highest BCUT2D eigenvalue weighted by molar-refractivity contribution is 5.34. The van der Waals surface area contributed by atoms with Gasteiger partial charge in [0.15, 0.2) is 0 Å². The Kier molecular flexibility index (Phi) is 3.33. The standard InChI is InChI=1S/C11H13NO/c1-9(12-2)8-10-6-4-5-7-11(10)13-3/h4-7,9H,8H2,1,3H3. The molecule has 1 aromatic carbocycles. The van der Waals surface area contributed by atoms with Crippen molar-refractivity contribution in [2.75, 3.05) is 7.11 Å². The van der Waals surface area contributed by atoms with Crippen LogP contribution in [0.15, 0.2) is 24.3 Å². The van der Waals surface area contributed by atoms with E-state index in [0.29, 0.717) is 0 Å². The average molecular weight is 175 g/mol. The molecule has 0 bridgehead atoms. The van der Waals surface area contributed by atoms with E-state index in [2.05, 4.69) is 4.85 Å². The Bertz CT molecular complexity index is 314. The van der Waals surface area contributed by atoms with Gasteiger partial charge >= 0.3 is 0 Å². The summed E-state index contributed by atoms with van der Waals surface area (Å²) < 4.78 is 5.19. The van der Waals surface area contributed by atoms with Crippen molar-refractivity contribution in [3.63, 3.8) is 0 Å². The molecule has 0 aliphatic heterocycles. The van der Waals surface area contributed by atoms with Gasteiger partial charge in [-0.1, -0.05) is 18.2 Å². The number of hydrogen-bond acceptors (Lipinski definition) is 1. The number of hydrogen-bond donors (Lipinski definition) is 0. The lowest BCUT2D eigenvalue weighted by molar-refractivity contribution is 0.409. The number of ether oxygens (including phenoxy) is 1. The Morgan fingerprint density at radius 2 is 2.15 bits per heavy atom. The SMILES string of the molecule is [C-]#[N+]C(C)Cc1ccccc1OC. The van der Waals surface area contributed by atoms with Crippen molar-refractivity contribution in [3.8, 4) is 5.75 Å². The molecule has 13 heavy (non-hydrogen) atoms. The predicted molar refractivity (Wildman–Crippen MR) is 52.8 cm³/mol. The van der Waals surface area contributed by atoms with Crippen LogP contribution >= 0.6 is 0 Å². The zero-order chi connectivity index (χ0) is 9.68. The zero-order valence-electron chi connectivity index (χ0n) is 7.95. The summed E-state index contributed by atoms with van der Waals surface area (Å²) in [4.78, 5) is 3.45. The van der Waals surface area contributed by atoms with Crippen LogP contribution in [-0.4, -0.2) is 13.2 Å². The fourth-order valence-corrected chi connectivity index (χ4v) is 1.24. The van der Waals surface area contributed by atoms with Crippen molar-refractivity contribution in [1.29, 1.82) is 0 Å². The van der Waals surface area contributed by atoms with E-state index in [9.17, 15) is 0 Å². The van der Waals surface area contributed by atoms with Crippen LogP contribution in [0.25, 0.3) is 4.85 Å². The van der Waals surface area contributed by atoms with Gasteiger partial charge in [-0.25, -0.2) is 6.57 Å². The molecular formula is C11H13NO. The maximum atomic E-state index is 6.87. The van der Waals surface area contributed by atoms with E-state index in [0.717, 1.165) is 17.7 Å². The van der Waals surface area contributed by atoms with E-state index in [1.807, 2.05) is 31.2 Å². The summed E-state index contributed by atoms with van der Waals surface area (Å²) in [5.41, 5.74) is 1.11. The van der Waals surface area contributed by atoms with Gasteiger partial charge in [0.05, 0.1) is 13.5 Å². The maximum Gasteiger partial charge on any atom is 0.225 e. The van der Waals surface area contributed by atoms with Gasteiger partial charge in [0.1, 0.15) is 5.75 Å². The number of methoxy groups -OCH3 is 1. The van der Waals surface area contributed by atoms with Gasteiger partial charge in [0, 0.05) is 12.5 Å². The number of rotatable bonds is 3. The quantitative estimate of drug-likeness (QED) is 0.644. The predicted octanol–water partition coefficient (Wildman–Crippen LogP) is 2.55. The van der Waals surface area contributed by atoms with Crippen molar-refractivity contribution in [1.82, 2.24) is 0 Å². The Labute approximate surface area is 79.0 Å². The molecule has 0 N–H and O–H groups in total. The molecule has 0 spiro atoms. The number of benzene rings is 1. The van der Waals surface area contributed by atoms with E-state index < -0.39 is 0 Å². The van der Waals surface area contributed by atoms with Gasteiger partial charge in [-0.2, -0.15) is 0 Å². The fourth-order valence-electron chi connectivity index (χ4n) is 1.24. The first-order valence-corrected chi connectivity index (χ1v) is 4.26. The maximum absolute atomic E-state index is 6.87. The van der Waals surface area contributed by atoms with E-state index >= 15 is 0 Å². The van der Waals surface area contributed by atoms with Crippen molar-refractivity contribution >= 4 is 0 Å². The van der Waals surface area contributed by atoms with Crippen LogP contribution in [-0.2, 0) is 6.42 Å². The van der Waals surface area contributed by atoms with Gasteiger partial charge < -0.3 is 9.58 Å². The Balaban J connectivity index is 2.82. The second kappa shape index (κ2) is 4.51. The van der Waals surface area contributed by atoms with Crippen LogP contribution in [0, 0.1) is 6.57 Å². The molecule has 1 aromatic rings. The first-order chi connectivity index (χ1) is 6.27. The second-order valence-electron chi connectivity index (χ2n) is 2.99. The monoisotopic (exact) mass is 175 g/mol. The molecule has 1 atom stereocenters. The van der Waals surface area contributed by atoms with Crippen LogP contribution in [0.3, 0.4) is 0 Å². The van der Waals surface area contributed by atoms with Crippen LogP contribution in [0.5, 0.6) is 5.75 Å². The molecule has 0 fully saturated rings. The van der Waals surface area contributed by atoms with Crippen molar-refractivity contribution in [2.24, 2.45) is 0 Å². The Morgan fingerprint density at radius 3 is 2.77 bits per heavy atom. The van der Waals surface area contributed by atoms with Crippen LogP contribution in [0.2, 0.25) is 0 Å². The summed E-state index contributed by atoms with van der Waals surface area (Å²) in [6.45, 7) is 8.79. The first kappa shape index (κ1) is 9.60. The van der Waals surface area contributed by atoms with Crippen LogP contribution in [0.4, 0.5) is 0 Å². The molecule has 2 nitrogen and oxygen atoms in total. The summed E-state index contributed by atoms with van der Waals surface area (Å²) in [7, 11) is 1.65. The summed E-state index contributed by atoms with van der Waals surface area (Å²) in [5.74, 6) is 0.873. The van der Waals surface area contributed by atoms with Gasteiger partial charge in [0.2, 0.25) is 6.04 Å². The smallest absolute Gasteiger partial charge is 0.225 e. The summed E-state index contributed by atoms with van der Waals surface area (Å²) in [6, 6.07) is 7.85. The summed E-state index contributed by atoms with van der Waals surface area (Å²) in [6.07, 6.45) is 0.757. The van der Waals surface area contributed by atoms with Crippen molar-refractivity contribution in [3.05, 3.63) is 41.2 Å². The first-order valence-electron chi connectivity index (χ1n) is 4.26. The highest BCUT2D eigenvalue weighted by atomic mass is 16.5. The molecule has 1 unspecified atom stereocenters. The van der Waals surface area contributed by atoms with E-state index in [1.54, 1.807) is 7.11 Å². The van der Waals surface area contributed by atoms with E-state index in [4.69, 9.17) is 11.3 Å². The van der Waals surface area contributed by atoms with Gasteiger partial charge in [-0.05, 0) is 6.07 Å². The van der Waals surface area contributed by atoms with Crippen LogP contribution < -0.4 is 4.74 Å². The third-order valence-corrected chi connectivity index (χ3v) is 1.93. The largest absolute Gasteiger partial charge is 0.496 e. The van der Waals surface area contributed by atoms with E-state index in [1.165, 1.54) is 0 Å². The van der Waals surface area contributed by atoms with Gasteiger partial charge in [-0.3, -0.25) is 0 Å². The van der Waals surface area contributed by atoms with Gasteiger partial charge in [-0.15, -0.1) is 0 Å². The van der Waals surface area contributed by atoms with Crippen molar-refractivity contribution < 1.29 is 4.74 Å². The molecular weight excluding hydrogens is 162 g/mol. The lowest BCUT2D eigenvalue weighted by atomic mass is 10.1. The lowest BCUT2D eigenvalue weighted by Crippen LogP contribution is -2.01. The molecule has 2 heteroatoms. The molecule has 0 saturated heterocycles. The molecule has 1 rings (SSSR count). The summed E-state index contributed by atoms with van der Waals surface area (Å²) >= 11 is 0. The highest BCUT2D eigenvalue weighted by Gasteiger charge is 2.09. The number of nitrogens with zero attached hydrogens (tertiary/aromatic N) is 1. The third-order valence-electron chi connectivity index (χ3n) is 1.93. The minimum Gasteiger partial charge on any atom is -0.496 e. The van der Waals surface area contributed by atoms with E-state index in [-0.39, 0.29) is 6.04 Å². The Hall–Kier alpha value is -1.49. The molecule has 0 radical (unpaired) electrons. The lowest BCUT2D eigenvalue weighted by Gasteiger charge is -2.06. The molecule has 0 amide bonds. The second-order valence-corrected chi connectivity index (χ2v) is 2.99. The van der Waals surface area contributed by atoms with Gasteiger partial charge in [0.25, 0.3) is 0 Å². The minimum absolute atomic E-state index is 0.0244. The number of para-hydroxylation sites is 1. The Morgan fingerprint density at radius 1 is 1.46 bits per heavy atom. The van der Waals surface area contributed by atoms with Crippen LogP contribution in [0.1, 0.15) is 12.5 Å². The van der Waals surface area contributed by atoms with Crippen molar-refractivity contribution in [2.45, 2.75) is 19.4 Å². The summed E-state index contributed by atoms with van der Waals surface area (Å²) in [5, 5.41) is 0. The average Bonchev–Trinajstić information content (AvgIpc) is 2.18. The molecule has 0 aliphatic carbocycles. The molecule has 0 aromatic heterocycles. The topological polar surface area (TPSA) is 13.6 Å². The third kappa shape index (κ3) is 2.48. The minimum atomic E-state index is 0.0244. The molecule has 0 heterocycles.